The molecule has 0 saturated heterocycles. The third-order valence-electron chi connectivity index (χ3n) is 0.403. The zero-order chi connectivity index (χ0) is 5.54. The number of nitrogens with zero attached hydrogens (tertiary/aromatic N) is 2. The first kappa shape index (κ1) is 5.96. The van der Waals surface area contributed by atoms with Crippen LogP contribution >= 0.6 is 0 Å². The number of nitrogens with one attached hydrogen (secondary N) is 1. The first-order chi connectivity index (χ1) is 3.41. The summed E-state index contributed by atoms with van der Waals surface area (Å²) in [5.41, 5.74) is 2.52. The van der Waals surface area contributed by atoms with Crippen LogP contribution in [0.25, 0.3) is 0 Å². The molecule has 0 saturated carbocycles. The van der Waals surface area contributed by atoms with Gasteiger partial charge < -0.3 is 5.43 Å². The van der Waals surface area contributed by atoms with E-state index in [1.807, 2.05) is 6.07 Å². The van der Waals surface area contributed by atoms with Gasteiger partial charge in [0.1, 0.15) is 0 Å². The Kier molecular flexibility index (Phi) is 4.22. The quantitative estimate of drug-likeness (QED) is 0.392. The van der Waals surface area contributed by atoms with Gasteiger partial charge in [0.25, 0.3) is 0 Å². The van der Waals surface area contributed by atoms with E-state index in [2.05, 4.69) is 10.5 Å². The molecule has 0 atom stereocenters. The lowest BCUT2D eigenvalue weighted by Crippen LogP contribution is -1.92. The Morgan fingerprint density at radius 2 is 2.71 bits per heavy atom. The second-order valence-corrected chi connectivity index (χ2v) is 0.898. The van der Waals surface area contributed by atoms with Crippen molar-refractivity contribution in [2.45, 2.75) is 6.42 Å². The summed E-state index contributed by atoms with van der Waals surface area (Å²) < 4.78 is 0. The summed E-state index contributed by atoms with van der Waals surface area (Å²) >= 11 is 0. The smallest absolute Gasteiger partial charge is 0.0722 e. The molecule has 0 radical (unpaired) electrons. The fraction of sp³-hybridized carbons (Fsp3) is 0.500. The standard InChI is InChI=1S/C4H7N3/c1-6-7-4-2-3-5/h4,6H,2H2,1H3/b7-4-. The molecule has 0 unspecified atom stereocenters. The molecule has 38 valence electrons. The average molecular weight is 97.1 g/mol. The molecule has 0 amide bonds. The normalized spacial score (nSPS) is 8.57. The topological polar surface area (TPSA) is 48.2 Å². The zero-order valence-electron chi connectivity index (χ0n) is 4.18. The molecule has 0 bridgehead atoms. The van der Waals surface area contributed by atoms with E-state index in [0.717, 1.165) is 0 Å². The predicted molar refractivity (Wildman–Crippen MR) is 27.8 cm³/mol. The van der Waals surface area contributed by atoms with Gasteiger partial charge in [0.2, 0.25) is 0 Å². The molecule has 7 heavy (non-hydrogen) atoms. The van der Waals surface area contributed by atoms with E-state index in [-0.39, 0.29) is 0 Å². The maximum Gasteiger partial charge on any atom is 0.0722 e. The molecule has 0 aromatic heterocycles. The zero-order valence-corrected chi connectivity index (χ0v) is 4.18. The molecule has 0 aliphatic rings. The molecule has 0 fully saturated rings. The number of nitriles is 1. The van der Waals surface area contributed by atoms with E-state index in [4.69, 9.17) is 5.26 Å². The Bertz CT molecular complexity index is 89.6. The molecule has 0 aliphatic carbocycles. The second kappa shape index (κ2) is 4.96. The first-order valence-electron chi connectivity index (χ1n) is 1.97. The molecule has 0 spiro atoms. The lowest BCUT2D eigenvalue weighted by Gasteiger charge is -1.78. The highest BCUT2D eigenvalue weighted by Crippen LogP contribution is 1.62. The van der Waals surface area contributed by atoms with E-state index in [9.17, 15) is 0 Å². The fourth-order valence-electron chi connectivity index (χ4n) is 0.178. The molecule has 1 N–H and O–H groups in total. The van der Waals surface area contributed by atoms with Gasteiger partial charge in [0, 0.05) is 13.3 Å². The summed E-state index contributed by atoms with van der Waals surface area (Å²) in [5.74, 6) is 0. The van der Waals surface area contributed by atoms with Gasteiger partial charge in [-0.2, -0.15) is 10.4 Å². The van der Waals surface area contributed by atoms with Crippen LogP contribution in [0.2, 0.25) is 0 Å². The third-order valence-corrected chi connectivity index (χ3v) is 0.403. The van der Waals surface area contributed by atoms with E-state index in [0.29, 0.717) is 6.42 Å². The predicted octanol–water partition coefficient (Wildman–Crippen LogP) is 0.105. The van der Waals surface area contributed by atoms with Crippen LogP contribution in [0.3, 0.4) is 0 Å². The van der Waals surface area contributed by atoms with Crippen LogP contribution in [-0.4, -0.2) is 13.3 Å². The van der Waals surface area contributed by atoms with Crippen LogP contribution in [0.1, 0.15) is 6.42 Å². The van der Waals surface area contributed by atoms with E-state index in [1.54, 1.807) is 7.05 Å². The highest BCUT2D eigenvalue weighted by molar-refractivity contribution is 5.59. The van der Waals surface area contributed by atoms with Crippen molar-refractivity contribution < 1.29 is 0 Å². The third kappa shape index (κ3) is 4.96. The molecule has 3 nitrogen and oxygen atoms in total. The van der Waals surface area contributed by atoms with E-state index in [1.165, 1.54) is 6.21 Å². The molecular weight excluding hydrogens is 90.1 g/mol. The molecule has 0 rings (SSSR count). The Hall–Kier alpha value is -1.04. The lowest BCUT2D eigenvalue weighted by atomic mass is 10.5. The van der Waals surface area contributed by atoms with Gasteiger partial charge in [-0.25, -0.2) is 0 Å². The van der Waals surface area contributed by atoms with Crippen molar-refractivity contribution in [1.82, 2.24) is 5.43 Å². The van der Waals surface area contributed by atoms with Crippen LogP contribution in [0, 0.1) is 11.3 Å². The van der Waals surface area contributed by atoms with Gasteiger partial charge in [0.15, 0.2) is 0 Å². The number of hydrazone groups is 1. The van der Waals surface area contributed by atoms with E-state index < -0.39 is 0 Å². The number of hydrogen-bond acceptors (Lipinski definition) is 3. The van der Waals surface area contributed by atoms with Gasteiger partial charge in [-0.15, -0.1) is 0 Å². The minimum absolute atomic E-state index is 0.376. The maximum absolute atomic E-state index is 7.92. The summed E-state index contributed by atoms with van der Waals surface area (Å²) in [5, 5.41) is 11.5. The largest absolute Gasteiger partial charge is 0.313 e. The molecule has 0 heterocycles. The lowest BCUT2D eigenvalue weighted by molar-refractivity contribution is 0.904. The maximum atomic E-state index is 7.92. The van der Waals surface area contributed by atoms with Crippen molar-refractivity contribution in [2.24, 2.45) is 5.10 Å². The van der Waals surface area contributed by atoms with Gasteiger partial charge in [-0.3, -0.25) is 0 Å². The highest BCUT2D eigenvalue weighted by Gasteiger charge is 1.65. The Balaban J connectivity index is 2.97. The van der Waals surface area contributed by atoms with Crippen molar-refractivity contribution in [3.63, 3.8) is 0 Å². The first-order valence-corrected chi connectivity index (χ1v) is 1.97. The van der Waals surface area contributed by atoms with Crippen molar-refractivity contribution in [2.75, 3.05) is 7.05 Å². The van der Waals surface area contributed by atoms with Crippen molar-refractivity contribution in [3.05, 3.63) is 0 Å². The Labute approximate surface area is 42.6 Å². The molecule has 0 aliphatic heterocycles. The Morgan fingerprint density at radius 1 is 2.00 bits per heavy atom. The van der Waals surface area contributed by atoms with Crippen LogP contribution in [0.15, 0.2) is 5.10 Å². The van der Waals surface area contributed by atoms with Crippen molar-refractivity contribution in [1.29, 1.82) is 5.26 Å². The summed E-state index contributed by atoms with van der Waals surface area (Å²) in [6, 6.07) is 1.91. The monoisotopic (exact) mass is 97.1 g/mol. The van der Waals surface area contributed by atoms with Gasteiger partial charge in [0.05, 0.1) is 12.5 Å². The summed E-state index contributed by atoms with van der Waals surface area (Å²) in [4.78, 5) is 0. The van der Waals surface area contributed by atoms with Crippen LogP contribution in [0.5, 0.6) is 0 Å². The second-order valence-electron chi connectivity index (χ2n) is 0.898. The van der Waals surface area contributed by atoms with Gasteiger partial charge in [-0.05, 0) is 0 Å². The fourth-order valence-corrected chi connectivity index (χ4v) is 0.178. The Morgan fingerprint density at radius 3 is 3.14 bits per heavy atom. The summed E-state index contributed by atoms with van der Waals surface area (Å²) in [6.07, 6.45) is 1.89. The van der Waals surface area contributed by atoms with Crippen molar-refractivity contribution in [3.8, 4) is 6.07 Å². The SMILES string of the molecule is CN/N=C\CC#N. The minimum atomic E-state index is 0.376. The summed E-state index contributed by atoms with van der Waals surface area (Å²) in [7, 11) is 1.69. The average Bonchev–Trinajstić information content (AvgIpc) is 1.69. The molecule has 0 aromatic carbocycles. The van der Waals surface area contributed by atoms with Crippen LogP contribution < -0.4 is 5.43 Å². The van der Waals surface area contributed by atoms with Crippen LogP contribution in [-0.2, 0) is 0 Å². The van der Waals surface area contributed by atoms with Crippen molar-refractivity contribution >= 4 is 6.21 Å². The number of rotatable bonds is 2. The van der Waals surface area contributed by atoms with E-state index >= 15 is 0 Å². The van der Waals surface area contributed by atoms with Crippen LogP contribution in [0.4, 0.5) is 0 Å². The van der Waals surface area contributed by atoms with Gasteiger partial charge >= 0.3 is 0 Å². The number of hydrogen-bond donors (Lipinski definition) is 1. The highest BCUT2D eigenvalue weighted by atomic mass is 15.3. The van der Waals surface area contributed by atoms with Gasteiger partial charge in [-0.1, -0.05) is 0 Å². The summed E-state index contributed by atoms with van der Waals surface area (Å²) in [6.45, 7) is 0. The minimum Gasteiger partial charge on any atom is -0.313 e. The molecule has 3 heteroatoms. The molecule has 0 aromatic rings. The molecular formula is C4H7N3.